The zero-order chi connectivity index (χ0) is 24.4. The number of fused-ring (bicyclic) bond motifs is 1. The van der Waals surface area contributed by atoms with Crippen LogP contribution in [0.15, 0.2) is 87.0 Å². The first-order valence-corrected chi connectivity index (χ1v) is 17.5. The third-order valence-corrected chi connectivity index (χ3v) is 7.92. The van der Waals surface area contributed by atoms with Gasteiger partial charge < -0.3 is 0 Å². The van der Waals surface area contributed by atoms with E-state index < -0.39 is 20.8 Å². The number of hydrogen-bond donors (Lipinski definition) is 0. The molecule has 0 saturated carbocycles. The standard InChI is InChI=1S/C20H30.C9H7.2ClH.Zr/c1-11-13(3)17(19(7,8)15(11)5)18-14(4)12(2)16(6)20(18,9)10;1-2-5-9-7-3-6-8(9)4-1;;;/h1-10H3;1-7H;2*1H;/q;-1;;;+2/p-2. The van der Waals surface area contributed by atoms with E-state index in [1.165, 1.54) is 44.2 Å². The third kappa shape index (κ3) is 5.01. The molecule has 0 aliphatic heterocycles. The number of hydrogen-bond acceptors (Lipinski definition) is 0. The van der Waals surface area contributed by atoms with Gasteiger partial charge in [0.2, 0.25) is 0 Å². The molecule has 0 N–H and O–H groups in total. The average Bonchev–Trinajstić information content (AvgIpc) is 3.32. The van der Waals surface area contributed by atoms with Crippen LogP contribution in [0.4, 0.5) is 0 Å². The minimum absolute atomic E-state index is 0.160. The van der Waals surface area contributed by atoms with Crippen LogP contribution >= 0.6 is 17.0 Å². The molecule has 0 atom stereocenters. The Morgan fingerprint density at radius 3 is 1.41 bits per heavy atom. The molecular formula is C29H37Cl2Zr-. The molecule has 2 aliphatic rings. The second kappa shape index (κ2) is 10.7. The fraction of sp³-hybridized carbons (Fsp3) is 0.414. The monoisotopic (exact) mass is 545 g/mol. The smallest absolute Gasteiger partial charge is 0.0809 e. The maximum absolute atomic E-state index is 4.93. The Hall–Kier alpha value is -0.747. The van der Waals surface area contributed by atoms with Crippen molar-refractivity contribution >= 4 is 27.8 Å². The molecule has 2 aliphatic carbocycles. The largest absolute Gasteiger partial charge is 0.168 e. The van der Waals surface area contributed by atoms with Crippen LogP contribution in [0.1, 0.15) is 69.2 Å². The van der Waals surface area contributed by atoms with Gasteiger partial charge in [-0.2, -0.15) is 17.5 Å². The molecule has 0 heterocycles. The van der Waals surface area contributed by atoms with Gasteiger partial charge >= 0.3 is 37.9 Å². The summed E-state index contributed by atoms with van der Waals surface area (Å²) in [5.41, 5.74) is 12.5. The SMILES string of the molecule is CC1=C(C)C(C)(C)C(C2=C(C)C(C)=C(C)C2(C)C)=C1C.[Cl][Zr][Cl].c1ccc2[cH-]ccc2c1. The first-order chi connectivity index (χ1) is 14.8. The Morgan fingerprint density at radius 1 is 0.656 bits per heavy atom. The normalized spacial score (nSPS) is 19.2. The fourth-order valence-corrected chi connectivity index (χ4v) is 5.26. The van der Waals surface area contributed by atoms with Crippen LogP contribution in [-0.4, -0.2) is 0 Å². The summed E-state index contributed by atoms with van der Waals surface area (Å²) in [6.45, 7) is 23.3. The fourth-order valence-electron chi connectivity index (χ4n) is 5.26. The predicted octanol–water partition coefficient (Wildman–Crippen LogP) is 10.3. The Bertz CT molecular complexity index is 1030. The number of benzene rings is 1. The van der Waals surface area contributed by atoms with Crippen molar-refractivity contribution < 1.29 is 20.8 Å². The van der Waals surface area contributed by atoms with Crippen LogP contribution < -0.4 is 0 Å². The van der Waals surface area contributed by atoms with Crippen molar-refractivity contribution in [3.63, 3.8) is 0 Å². The molecule has 0 nitrogen and oxygen atoms in total. The summed E-state index contributed by atoms with van der Waals surface area (Å²) in [7, 11) is 9.87. The summed E-state index contributed by atoms with van der Waals surface area (Å²) in [4.78, 5) is 0. The van der Waals surface area contributed by atoms with Gasteiger partial charge in [0.25, 0.3) is 0 Å². The summed E-state index contributed by atoms with van der Waals surface area (Å²) >= 11 is -0.826. The molecule has 2 aromatic rings. The molecule has 0 unspecified atom stereocenters. The van der Waals surface area contributed by atoms with E-state index in [-0.39, 0.29) is 10.8 Å². The van der Waals surface area contributed by atoms with E-state index in [4.69, 9.17) is 17.0 Å². The van der Waals surface area contributed by atoms with Gasteiger partial charge in [0.1, 0.15) is 0 Å². The second-order valence-electron chi connectivity index (χ2n) is 9.98. The van der Waals surface area contributed by atoms with Crippen LogP contribution in [0.25, 0.3) is 10.8 Å². The van der Waals surface area contributed by atoms with Crippen molar-refractivity contribution in [3.05, 3.63) is 87.0 Å². The molecular weight excluding hydrogens is 510 g/mol. The van der Waals surface area contributed by atoms with Crippen molar-refractivity contribution in [2.45, 2.75) is 69.2 Å². The second-order valence-corrected chi connectivity index (χ2v) is 13.7. The van der Waals surface area contributed by atoms with E-state index in [0.717, 1.165) is 0 Å². The molecule has 0 aromatic heterocycles. The molecule has 3 heteroatoms. The summed E-state index contributed by atoms with van der Waals surface area (Å²) in [6.07, 6.45) is 0. The summed E-state index contributed by atoms with van der Waals surface area (Å²) in [5, 5.41) is 2.66. The quantitative estimate of drug-likeness (QED) is 0.312. The molecule has 172 valence electrons. The summed E-state index contributed by atoms with van der Waals surface area (Å²) in [5.74, 6) is 0. The first-order valence-electron chi connectivity index (χ1n) is 11.2. The molecule has 0 bridgehead atoms. The molecule has 0 spiro atoms. The Labute approximate surface area is 214 Å². The third-order valence-electron chi connectivity index (χ3n) is 7.92. The van der Waals surface area contributed by atoms with E-state index in [1.807, 2.05) is 0 Å². The van der Waals surface area contributed by atoms with Crippen molar-refractivity contribution in [3.8, 4) is 0 Å². The van der Waals surface area contributed by atoms with Crippen LogP contribution in [0, 0.1) is 10.8 Å². The van der Waals surface area contributed by atoms with Crippen molar-refractivity contribution in [2.24, 2.45) is 10.8 Å². The van der Waals surface area contributed by atoms with E-state index in [2.05, 4.69) is 112 Å². The summed E-state index contributed by atoms with van der Waals surface area (Å²) < 4.78 is 0. The van der Waals surface area contributed by atoms with Gasteiger partial charge in [0.15, 0.2) is 0 Å². The maximum Gasteiger partial charge on any atom is -0.0809 e. The van der Waals surface area contributed by atoms with Gasteiger partial charge in [0, 0.05) is 10.8 Å². The number of rotatable bonds is 1. The van der Waals surface area contributed by atoms with E-state index in [1.54, 1.807) is 11.1 Å². The van der Waals surface area contributed by atoms with Gasteiger partial charge in [-0.25, -0.2) is 0 Å². The molecule has 4 rings (SSSR count). The zero-order valence-corrected chi connectivity index (χ0v) is 25.3. The Kier molecular flexibility index (Phi) is 9.17. The van der Waals surface area contributed by atoms with Crippen LogP contribution in [0.2, 0.25) is 0 Å². The van der Waals surface area contributed by atoms with Gasteiger partial charge in [-0.1, -0.05) is 44.9 Å². The van der Waals surface area contributed by atoms with Gasteiger partial charge in [-0.15, -0.1) is 29.7 Å². The van der Waals surface area contributed by atoms with Crippen molar-refractivity contribution in [2.75, 3.05) is 0 Å². The minimum Gasteiger partial charge on any atom is -0.168 e. The summed E-state index contributed by atoms with van der Waals surface area (Å²) in [6, 6.07) is 14.7. The molecule has 0 saturated heterocycles. The Balaban J connectivity index is 0.000000248. The van der Waals surface area contributed by atoms with E-state index in [9.17, 15) is 0 Å². The Morgan fingerprint density at radius 2 is 1.06 bits per heavy atom. The van der Waals surface area contributed by atoms with Crippen molar-refractivity contribution in [1.82, 2.24) is 0 Å². The first kappa shape index (κ1) is 27.5. The molecule has 2 aromatic carbocycles. The minimum atomic E-state index is -0.826. The van der Waals surface area contributed by atoms with Gasteiger partial charge in [-0.05, 0) is 75.0 Å². The molecule has 0 fully saturated rings. The molecule has 0 amide bonds. The average molecular weight is 548 g/mol. The van der Waals surface area contributed by atoms with Crippen molar-refractivity contribution in [1.29, 1.82) is 0 Å². The topological polar surface area (TPSA) is 0 Å². The predicted molar refractivity (Wildman–Crippen MR) is 141 cm³/mol. The van der Waals surface area contributed by atoms with Gasteiger partial charge in [0.05, 0.1) is 0 Å². The molecule has 32 heavy (non-hydrogen) atoms. The van der Waals surface area contributed by atoms with Crippen LogP contribution in [0.3, 0.4) is 0 Å². The number of halogens is 2. The zero-order valence-electron chi connectivity index (χ0n) is 21.3. The maximum atomic E-state index is 4.93. The van der Waals surface area contributed by atoms with Gasteiger partial charge in [-0.3, -0.25) is 0 Å². The van der Waals surface area contributed by atoms with E-state index in [0.29, 0.717) is 0 Å². The van der Waals surface area contributed by atoms with E-state index >= 15 is 0 Å². The molecule has 0 radical (unpaired) electrons. The van der Waals surface area contributed by atoms with Crippen LogP contribution in [-0.2, 0) is 20.8 Å². The number of allylic oxidation sites excluding steroid dienone is 8. The van der Waals surface area contributed by atoms with Crippen LogP contribution in [0.5, 0.6) is 0 Å².